The number of methoxy groups -OCH3 is 1. The quantitative estimate of drug-likeness (QED) is 0.795. The molecule has 0 saturated heterocycles. The number of esters is 1. The van der Waals surface area contributed by atoms with Crippen LogP contribution in [-0.2, 0) is 9.53 Å². The highest BCUT2D eigenvalue weighted by Crippen LogP contribution is 2.30. The predicted molar refractivity (Wildman–Crippen MR) is 70.7 cm³/mol. The van der Waals surface area contributed by atoms with Gasteiger partial charge in [0, 0.05) is 19.6 Å². The number of anilines is 2. The molecule has 2 rings (SSSR count). The number of carboxylic acid groups (broad SMARTS) is 1. The molecular weight excluding hydrogens is 248 g/mol. The van der Waals surface area contributed by atoms with E-state index in [4.69, 9.17) is 5.11 Å². The number of carbonyl (C=O) groups is 2. The Labute approximate surface area is 111 Å². The maximum Gasteiger partial charge on any atom is 0.335 e. The molecule has 102 valence electrons. The molecule has 0 spiro atoms. The number of rotatable bonds is 4. The SMILES string of the molecule is COC(=O)CCN1CCNc2ccc(C(=O)O)cc21. The molecule has 0 aliphatic carbocycles. The summed E-state index contributed by atoms with van der Waals surface area (Å²) in [5.74, 6) is -1.23. The van der Waals surface area contributed by atoms with Crippen molar-refractivity contribution >= 4 is 23.3 Å². The number of fused-ring (bicyclic) bond motifs is 1. The second-order valence-corrected chi connectivity index (χ2v) is 4.28. The van der Waals surface area contributed by atoms with E-state index in [9.17, 15) is 9.59 Å². The molecule has 0 unspecified atom stereocenters. The summed E-state index contributed by atoms with van der Waals surface area (Å²) in [5, 5.41) is 12.2. The zero-order valence-corrected chi connectivity index (χ0v) is 10.7. The molecule has 0 atom stereocenters. The monoisotopic (exact) mass is 264 g/mol. The molecule has 1 aromatic carbocycles. The van der Waals surface area contributed by atoms with Gasteiger partial charge in [-0.1, -0.05) is 0 Å². The van der Waals surface area contributed by atoms with Crippen LogP contribution in [0.2, 0.25) is 0 Å². The minimum absolute atomic E-state index is 0.241. The van der Waals surface area contributed by atoms with Crippen LogP contribution < -0.4 is 10.2 Å². The number of nitrogens with one attached hydrogen (secondary N) is 1. The van der Waals surface area contributed by atoms with Crippen molar-refractivity contribution in [2.75, 3.05) is 37.0 Å². The molecule has 6 heteroatoms. The van der Waals surface area contributed by atoms with Crippen LogP contribution >= 0.6 is 0 Å². The van der Waals surface area contributed by atoms with E-state index in [1.807, 2.05) is 4.90 Å². The smallest absolute Gasteiger partial charge is 0.335 e. The Balaban J connectivity index is 2.19. The Morgan fingerprint density at radius 3 is 2.95 bits per heavy atom. The third-order valence-corrected chi connectivity index (χ3v) is 3.10. The second-order valence-electron chi connectivity index (χ2n) is 4.28. The van der Waals surface area contributed by atoms with Gasteiger partial charge in [0.2, 0.25) is 0 Å². The van der Waals surface area contributed by atoms with Crippen LogP contribution in [0.1, 0.15) is 16.8 Å². The number of aromatic carboxylic acids is 1. The fourth-order valence-electron chi connectivity index (χ4n) is 2.08. The minimum atomic E-state index is -0.957. The van der Waals surface area contributed by atoms with Crippen LogP contribution in [0.15, 0.2) is 18.2 Å². The average molecular weight is 264 g/mol. The lowest BCUT2D eigenvalue weighted by molar-refractivity contribution is -0.140. The molecule has 1 aromatic rings. The lowest BCUT2D eigenvalue weighted by atomic mass is 10.1. The lowest BCUT2D eigenvalue weighted by Crippen LogP contribution is -2.35. The van der Waals surface area contributed by atoms with Gasteiger partial charge in [0.05, 0.1) is 30.5 Å². The van der Waals surface area contributed by atoms with Crippen molar-refractivity contribution in [2.45, 2.75) is 6.42 Å². The Bertz CT molecular complexity index is 501. The van der Waals surface area contributed by atoms with E-state index in [0.717, 1.165) is 24.5 Å². The van der Waals surface area contributed by atoms with Gasteiger partial charge in [-0.25, -0.2) is 4.79 Å². The van der Waals surface area contributed by atoms with Gasteiger partial charge in [-0.15, -0.1) is 0 Å². The van der Waals surface area contributed by atoms with Crippen molar-refractivity contribution in [2.24, 2.45) is 0 Å². The second kappa shape index (κ2) is 5.60. The highest BCUT2D eigenvalue weighted by atomic mass is 16.5. The molecule has 1 aliphatic heterocycles. The summed E-state index contributed by atoms with van der Waals surface area (Å²) in [6.07, 6.45) is 0.285. The summed E-state index contributed by atoms with van der Waals surface area (Å²) < 4.78 is 4.62. The zero-order valence-electron chi connectivity index (χ0n) is 10.7. The first-order chi connectivity index (χ1) is 9.11. The molecule has 1 aliphatic rings. The zero-order chi connectivity index (χ0) is 13.8. The number of hydrogen-bond donors (Lipinski definition) is 2. The summed E-state index contributed by atoms with van der Waals surface area (Å²) in [6.45, 7) is 2.01. The minimum Gasteiger partial charge on any atom is -0.478 e. The fraction of sp³-hybridized carbons (Fsp3) is 0.385. The summed E-state index contributed by atoms with van der Waals surface area (Å²) >= 11 is 0. The number of hydrogen-bond acceptors (Lipinski definition) is 5. The standard InChI is InChI=1S/C13H16N2O4/c1-19-12(16)4-6-15-7-5-14-10-3-2-9(13(17)18)8-11(10)15/h2-3,8,14H,4-7H2,1H3,(H,17,18). The molecule has 0 bridgehead atoms. The van der Waals surface area contributed by atoms with Crippen molar-refractivity contribution in [1.82, 2.24) is 0 Å². The van der Waals surface area contributed by atoms with E-state index in [2.05, 4.69) is 10.1 Å². The van der Waals surface area contributed by atoms with E-state index in [1.165, 1.54) is 7.11 Å². The Morgan fingerprint density at radius 1 is 1.47 bits per heavy atom. The molecule has 0 fully saturated rings. The van der Waals surface area contributed by atoms with Crippen LogP contribution in [0.5, 0.6) is 0 Å². The molecule has 2 N–H and O–H groups in total. The van der Waals surface area contributed by atoms with E-state index in [0.29, 0.717) is 6.54 Å². The molecular formula is C13H16N2O4. The molecule has 0 aromatic heterocycles. The Morgan fingerprint density at radius 2 is 2.26 bits per heavy atom. The van der Waals surface area contributed by atoms with Crippen molar-refractivity contribution < 1.29 is 19.4 Å². The van der Waals surface area contributed by atoms with Crippen LogP contribution in [0.25, 0.3) is 0 Å². The van der Waals surface area contributed by atoms with Gasteiger partial charge in [-0.2, -0.15) is 0 Å². The Hall–Kier alpha value is -2.24. The predicted octanol–water partition coefficient (Wildman–Crippen LogP) is 1.18. The Kier molecular flexibility index (Phi) is 3.89. The molecule has 0 radical (unpaired) electrons. The normalized spacial score (nSPS) is 13.4. The van der Waals surface area contributed by atoms with Gasteiger partial charge in [0.25, 0.3) is 0 Å². The number of nitrogens with zero attached hydrogens (tertiary/aromatic N) is 1. The average Bonchev–Trinajstić information content (AvgIpc) is 2.43. The highest BCUT2D eigenvalue weighted by Gasteiger charge is 2.19. The number of carbonyl (C=O) groups excluding carboxylic acids is 1. The van der Waals surface area contributed by atoms with E-state index < -0.39 is 5.97 Å². The first-order valence-corrected chi connectivity index (χ1v) is 6.05. The number of benzene rings is 1. The molecule has 0 amide bonds. The largest absolute Gasteiger partial charge is 0.478 e. The first-order valence-electron chi connectivity index (χ1n) is 6.05. The molecule has 1 heterocycles. The van der Waals surface area contributed by atoms with E-state index >= 15 is 0 Å². The van der Waals surface area contributed by atoms with Crippen LogP contribution in [-0.4, -0.2) is 43.8 Å². The molecule has 0 saturated carbocycles. The maximum atomic E-state index is 11.2. The fourth-order valence-corrected chi connectivity index (χ4v) is 2.08. The van der Waals surface area contributed by atoms with Gasteiger partial charge in [0.1, 0.15) is 0 Å². The third-order valence-electron chi connectivity index (χ3n) is 3.10. The van der Waals surface area contributed by atoms with Gasteiger partial charge >= 0.3 is 11.9 Å². The summed E-state index contributed by atoms with van der Waals surface area (Å²) in [7, 11) is 1.36. The number of ether oxygens (including phenoxy) is 1. The van der Waals surface area contributed by atoms with Crippen molar-refractivity contribution in [3.05, 3.63) is 23.8 Å². The highest BCUT2D eigenvalue weighted by molar-refractivity contribution is 5.91. The van der Waals surface area contributed by atoms with Crippen molar-refractivity contribution in [3.63, 3.8) is 0 Å². The lowest BCUT2D eigenvalue weighted by Gasteiger charge is -2.32. The number of carboxylic acids is 1. The third kappa shape index (κ3) is 2.96. The van der Waals surface area contributed by atoms with Gasteiger partial charge in [0.15, 0.2) is 0 Å². The molecule has 6 nitrogen and oxygen atoms in total. The first kappa shape index (κ1) is 13.2. The van der Waals surface area contributed by atoms with E-state index in [-0.39, 0.29) is 18.0 Å². The van der Waals surface area contributed by atoms with Crippen molar-refractivity contribution in [1.29, 1.82) is 0 Å². The topological polar surface area (TPSA) is 78.9 Å². The summed E-state index contributed by atoms with van der Waals surface area (Å²) in [4.78, 5) is 24.2. The van der Waals surface area contributed by atoms with Crippen molar-refractivity contribution in [3.8, 4) is 0 Å². The summed E-state index contributed by atoms with van der Waals surface area (Å²) in [6, 6.07) is 4.95. The van der Waals surface area contributed by atoms with Gasteiger partial charge < -0.3 is 20.1 Å². The maximum absolute atomic E-state index is 11.2. The van der Waals surface area contributed by atoms with E-state index in [1.54, 1.807) is 18.2 Å². The van der Waals surface area contributed by atoms with Gasteiger partial charge in [-0.3, -0.25) is 4.79 Å². The summed E-state index contributed by atoms with van der Waals surface area (Å²) in [5.41, 5.74) is 1.95. The van der Waals surface area contributed by atoms with Gasteiger partial charge in [-0.05, 0) is 18.2 Å². The van der Waals surface area contributed by atoms with Crippen LogP contribution in [0.4, 0.5) is 11.4 Å². The van der Waals surface area contributed by atoms with Crippen LogP contribution in [0.3, 0.4) is 0 Å². The molecule has 19 heavy (non-hydrogen) atoms. The van der Waals surface area contributed by atoms with Crippen LogP contribution in [0, 0.1) is 0 Å².